The van der Waals surface area contributed by atoms with Gasteiger partial charge in [0.15, 0.2) is 0 Å². The summed E-state index contributed by atoms with van der Waals surface area (Å²) in [5.74, 6) is -0.690. The first-order valence-corrected chi connectivity index (χ1v) is 8.16. The zero-order chi connectivity index (χ0) is 16.9. The van der Waals surface area contributed by atoms with Gasteiger partial charge in [-0.1, -0.05) is 6.07 Å². The lowest BCUT2D eigenvalue weighted by molar-refractivity contribution is -0.133. The summed E-state index contributed by atoms with van der Waals surface area (Å²) in [4.78, 5) is 18.0. The van der Waals surface area contributed by atoms with E-state index in [-0.39, 0.29) is 12.5 Å². The molecule has 0 saturated carbocycles. The van der Waals surface area contributed by atoms with E-state index in [4.69, 9.17) is 0 Å². The maximum atomic E-state index is 13.7. The van der Waals surface area contributed by atoms with Gasteiger partial charge in [-0.3, -0.25) is 4.79 Å². The molecule has 2 aromatic rings. The molecule has 1 aliphatic heterocycles. The second-order valence-electron chi connectivity index (χ2n) is 6.22. The molecule has 0 spiro atoms. The van der Waals surface area contributed by atoms with E-state index in [0.29, 0.717) is 24.4 Å². The molecule has 0 radical (unpaired) electrons. The lowest BCUT2D eigenvalue weighted by Crippen LogP contribution is -2.41. The van der Waals surface area contributed by atoms with Crippen molar-refractivity contribution in [3.8, 4) is 0 Å². The van der Waals surface area contributed by atoms with Crippen LogP contribution in [-0.4, -0.2) is 38.7 Å². The van der Waals surface area contributed by atoms with Crippen LogP contribution < -0.4 is 0 Å². The summed E-state index contributed by atoms with van der Waals surface area (Å²) >= 11 is 0. The number of benzene rings is 1. The zero-order valence-corrected chi connectivity index (χ0v) is 13.4. The lowest BCUT2D eigenvalue weighted by Gasteiger charge is -2.33. The van der Waals surface area contributed by atoms with Crippen molar-refractivity contribution in [2.45, 2.75) is 32.2 Å². The van der Waals surface area contributed by atoms with Crippen molar-refractivity contribution >= 4 is 5.91 Å². The molecular weight excluding hydrogens is 314 g/mol. The third-order valence-corrected chi connectivity index (χ3v) is 4.47. The fourth-order valence-corrected chi connectivity index (χ4v) is 3.16. The minimum atomic E-state index is -0.557. The number of carbonyl (C=O) groups is 1. The van der Waals surface area contributed by atoms with Crippen molar-refractivity contribution in [3.05, 3.63) is 48.1 Å². The molecule has 1 aromatic heterocycles. The Balaban J connectivity index is 1.52. The van der Waals surface area contributed by atoms with Crippen molar-refractivity contribution in [1.29, 1.82) is 0 Å². The zero-order valence-electron chi connectivity index (χ0n) is 13.4. The predicted molar refractivity (Wildman–Crippen MR) is 84.0 cm³/mol. The number of aryl methyl sites for hydroxylation is 1. The lowest BCUT2D eigenvalue weighted by atomic mass is 9.91. The first-order chi connectivity index (χ1) is 11.6. The number of halogens is 2. The number of piperidine rings is 1. The summed E-state index contributed by atoms with van der Waals surface area (Å²) in [5.41, 5.74) is 0.530. The summed E-state index contributed by atoms with van der Waals surface area (Å²) in [6.07, 6.45) is 6.24. The quantitative estimate of drug-likeness (QED) is 0.844. The number of likely N-dealkylation sites (tertiary alicyclic amines) is 1. The minimum Gasteiger partial charge on any atom is -0.341 e. The van der Waals surface area contributed by atoms with Gasteiger partial charge in [-0.2, -0.15) is 5.10 Å². The van der Waals surface area contributed by atoms with E-state index >= 15 is 0 Å². The Kier molecular flexibility index (Phi) is 5.17. The second kappa shape index (κ2) is 7.51. The molecule has 0 N–H and O–H groups in total. The summed E-state index contributed by atoms with van der Waals surface area (Å²) in [5, 5.41) is 3.95. The highest BCUT2D eigenvalue weighted by atomic mass is 19.1. The van der Waals surface area contributed by atoms with Gasteiger partial charge in [-0.25, -0.2) is 18.4 Å². The van der Waals surface area contributed by atoms with Crippen LogP contribution in [0.3, 0.4) is 0 Å². The molecule has 1 amide bonds. The van der Waals surface area contributed by atoms with Crippen LogP contribution in [-0.2, 0) is 17.8 Å². The number of carbonyl (C=O) groups excluding carboxylic acids is 1. The molecule has 24 heavy (non-hydrogen) atoms. The number of hydrogen-bond acceptors (Lipinski definition) is 3. The number of rotatable bonds is 5. The van der Waals surface area contributed by atoms with Gasteiger partial charge in [0, 0.05) is 19.2 Å². The molecule has 1 atom stereocenters. The average Bonchev–Trinajstić information content (AvgIpc) is 3.07. The molecule has 1 saturated heterocycles. The van der Waals surface area contributed by atoms with Crippen LogP contribution >= 0.6 is 0 Å². The fraction of sp³-hybridized carbons (Fsp3) is 0.471. The minimum absolute atomic E-state index is 0.0261. The van der Waals surface area contributed by atoms with Gasteiger partial charge in [0.05, 0.1) is 0 Å². The molecule has 7 heteroatoms. The molecule has 0 unspecified atom stereocenters. The standard InChI is InChI=1S/C17H20F2N4O/c18-15-6-5-14(16(19)8-15)4-3-13-2-1-7-22(9-13)17(24)10-23-12-20-11-21-23/h5-6,8,11-13H,1-4,7,9-10H2/t13-/m1/s1. The van der Waals surface area contributed by atoms with Crippen LogP contribution in [0.4, 0.5) is 8.78 Å². The smallest absolute Gasteiger partial charge is 0.244 e. The van der Waals surface area contributed by atoms with Crippen LogP contribution in [0.15, 0.2) is 30.9 Å². The highest BCUT2D eigenvalue weighted by molar-refractivity contribution is 5.75. The first kappa shape index (κ1) is 16.5. The Morgan fingerprint density at radius 1 is 1.33 bits per heavy atom. The van der Waals surface area contributed by atoms with Crippen LogP contribution in [0.1, 0.15) is 24.8 Å². The van der Waals surface area contributed by atoms with Gasteiger partial charge in [0.2, 0.25) is 5.91 Å². The van der Waals surface area contributed by atoms with E-state index in [0.717, 1.165) is 31.9 Å². The Bertz CT molecular complexity index is 690. The third-order valence-electron chi connectivity index (χ3n) is 4.47. The molecule has 3 rings (SSSR count). The molecule has 0 aliphatic carbocycles. The average molecular weight is 334 g/mol. The number of nitrogens with zero attached hydrogens (tertiary/aromatic N) is 4. The summed E-state index contributed by atoms with van der Waals surface area (Å²) < 4.78 is 28.2. The van der Waals surface area contributed by atoms with E-state index in [1.165, 1.54) is 29.5 Å². The second-order valence-corrected chi connectivity index (χ2v) is 6.22. The van der Waals surface area contributed by atoms with Crippen molar-refractivity contribution in [2.24, 2.45) is 5.92 Å². The molecule has 2 heterocycles. The van der Waals surface area contributed by atoms with Gasteiger partial charge >= 0.3 is 0 Å². The summed E-state index contributed by atoms with van der Waals surface area (Å²) in [7, 11) is 0. The van der Waals surface area contributed by atoms with Crippen molar-refractivity contribution in [2.75, 3.05) is 13.1 Å². The summed E-state index contributed by atoms with van der Waals surface area (Å²) in [6.45, 7) is 1.62. The molecule has 1 aromatic carbocycles. The van der Waals surface area contributed by atoms with E-state index in [9.17, 15) is 13.6 Å². The van der Waals surface area contributed by atoms with E-state index < -0.39 is 11.6 Å². The SMILES string of the molecule is O=C(Cn1cncn1)N1CCC[C@H](CCc2ccc(F)cc2F)C1. The van der Waals surface area contributed by atoms with Crippen molar-refractivity contribution in [1.82, 2.24) is 19.7 Å². The van der Waals surface area contributed by atoms with Gasteiger partial charge in [-0.15, -0.1) is 0 Å². The fourth-order valence-electron chi connectivity index (χ4n) is 3.16. The van der Waals surface area contributed by atoms with Crippen LogP contribution in [0, 0.1) is 17.6 Å². The molecule has 1 aliphatic rings. The Morgan fingerprint density at radius 2 is 2.21 bits per heavy atom. The third kappa shape index (κ3) is 4.15. The molecule has 128 valence electrons. The first-order valence-electron chi connectivity index (χ1n) is 8.16. The number of amides is 1. The maximum Gasteiger partial charge on any atom is 0.244 e. The number of hydrogen-bond donors (Lipinski definition) is 0. The van der Waals surface area contributed by atoms with E-state index in [2.05, 4.69) is 10.1 Å². The molecule has 5 nitrogen and oxygen atoms in total. The monoisotopic (exact) mass is 334 g/mol. The van der Waals surface area contributed by atoms with Gasteiger partial charge in [-0.05, 0) is 43.2 Å². The molecular formula is C17H20F2N4O. The molecule has 0 bridgehead atoms. The Hall–Kier alpha value is -2.31. The van der Waals surface area contributed by atoms with Gasteiger partial charge in [0.25, 0.3) is 0 Å². The van der Waals surface area contributed by atoms with Crippen LogP contribution in [0.25, 0.3) is 0 Å². The summed E-state index contributed by atoms with van der Waals surface area (Å²) in [6, 6.07) is 3.71. The molecule has 1 fully saturated rings. The van der Waals surface area contributed by atoms with E-state index in [1.807, 2.05) is 4.90 Å². The highest BCUT2D eigenvalue weighted by Crippen LogP contribution is 2.23. The van der Waals surface area contributed by atoms with Crippen LogP contribution in [0.2, 0.25) is 0 Å². The topological polar surface area (TPSA) is 51.0 Å². The van der Waals surface area contributed by atoms with E-state index in [1.54, 1.807) is 0 Å². The Labute approximate surface area is 139 Å². The number of aromatic nitrogens is 3. The van der Waals surface area contributed by atoms with Crippen molar-refractivity contribution in [3.63, 3.8) is 0 Å². The largest absolute Gasteiger partial charge is 0.341 e. The van der Waals surface area contributed by atoms with Gasteiger partial charge < -0.3 is 4.90 Å². The maximum absolute atomic E-state index is 13.7. The normalized spacial score (nSPS) is 17.9. The van der Waals surface area contributed by atoms with Gasteiger partial charge in [0.1, 0.15) is 30.8 Å². The highest BCUT2D eigenvalue weighted by Gasteiger charge is 2.24. The predicted octanol–water partition coefficient (Wildman–Crippen LogP) is 2.43. The Morgan fingerprint density at radius 3 is 2.96 bits per heavy atom. The van der Waals surface area contributed by atoms with Crippen LogP contribution in [0.5, 0.6) is 0 Å². The van der Waals surface area contributed by atoms with Crippen molar-refractivity contribution < 1.29 is 13.6 Å².